The molecule has 0 amide bonds. The van der Waals surface area contributed by atoms with Gasteiger partial charge in [0.1, 0.15) is 0 Å². The van der Waals surface area contributed by atoms with Gasteiger partial charge in [0.2, 0.25) is 0 Å². The first-order valence-electron chi connectivity index (χ1n) is 6.28. The van der Waals surface area contributed by atoms with Crippen LogP contribution in [0.4, 0.5) is 0 Å². The van der Waals surface area contributed by atoms with E-state index in [0.29, 0.717) is 0 Å². The van der Waals surface area contributed by atoms with Crippen LogP contribution in [0.3, 0.4) is 0 Å². The Balaban J connectivity index is 2.41. The molecule has 17 heavy (non-hydrogen) atoms. The van der Waals surface area contributed by atoms with Crippen LogP contribution in [0.15, 0.2) is 0 Å². The number of unbranched alkanes of at least 4 members (excludes halogenated alkanes) is 1. The van der Waals surface area contributed by atoms with Crippen LogP contribution < -0.4 is 5.32 Å². The van der Waals surface area contributed by atoms with Crippen LogP contribution in [-0.4, -0.2) is 38.8 Å². The van der Waals surface area contributed by atoms with Gasteiger partial charge in [-0.05, 0) is 55.2 Å². The highest BCUT2D eigenvalue weighted by molar-refractivity contribution is 7.98. The average Bonchev–Trinajstić information content (AvgIpc) is 2.80. The molecule has 0 aliphatic carbocycles. The summed E-state index contributed by atoms with van der Waals surface area (Å²) >= 11 is 1.89. The number of nitrogens with one attached hydrogen (secondary N) is 1. The molecule has 0 fully saturated rings. The molecule has 1 aromatic rings. The summed E-state index contributed by atoms with van der Waals surface area (Å²) in [5.74, 6) is 2.16. The fourth-order valence-electron chi connectivity index (χ4n) is 1.64. The highest BCUT2D eigenvalue weighted by Crippen LogP contribution is 2.09. The zero-order chi connectivity index (χ0) is 12.5. The van der Waals surface area contributed by atoms with Gasteiger partial charge in [-0.2, -0.15) is 11.8 Å². The lowest BCUT2D eigenvalue weighted by molar-refractivity contribution is 0.475. The average molecular weight is 257 g/mol. The summed E-state index contributed by atoms with van der Waals surface area (Å²) in [5.41, 5.74) is 0. The molecule has 1 rings (SSSR count). The topological polar surface area (TPSA) is 55.6 Å². The van der Waals surface area contributed by atoms with Crippen molar-refractivity contribution in [2.24, 2.45) is 0 Å². The summed E-state index contributed by atoms with van der Waals surface area (Å²) in [4.78, 5) is 0. The van der Waals surface area contributed by atoms with Gasteiger partial charge < -0.3 is 5.32 Å². The van der Waals surface area contributed by atoms with Crippen molar-refractivity contribution in [1.82, 2.24) is 25.5 Å². The Labute approximate surface area is 108 Å². The highest BCUT2D eigenvalue weighted by Gasteiger charge is 2.12. The third-order valence-corrected chi connectivity index (χ3v) is 3.31. The van der Waals surface area contributed by atoms with Crippen molar-refractivity contribution < 1.29 is 0 Å². The van der Waals surface area contributed by atoms with Crippen LogP contribution >= 0.6 is 11.8 Å². The SMILES string of the molecule is CCCNC(C)c1nnnn1CCCCSC. The summed E-state index contributed by atoms with van der Waals surface area (Å²) in [7, 11) is 0. The number of nitrogens with zero attached hydrogens (tertiary/aromatic N) is 4. The Morgan fingerprint density at radius 1 is 1.41 bits per heavy atom. The lowest BCUT2D eigenvalue weighted by Gasteiger charge is -2.12. The first kappa shape index (κ1) is 14.4. The van der Waals surface area contributed by atoms with Gasteiger partial charge in [0.05, 0.1) is 6.04 Å². The Morgan fingerprint density at radius 3 is 2.94 bits per heavy atom. The van der Waals surface area contributed by atoms with Crippen LogP contribution in [0.5, 0.6) is 0 Å². The summed E-state index contributed by atoms with van der Waals surface area (Å²) < 4.78 is 1.92. The summed E-state index contributed by atoms with van der Waals surface area (Å²) in [6.07, 6.45) is 5.62. The van der Waals surface area contributed by atoms with Gasteiger partial charge in [-0.1, -0.05) is 6.92 Å². The molecule has 0 aliphatic rings. The van der Waals surface area contributed by atoms with Crippen molar-refractivity contribution in [1.29, 1.82) is 0 Å². The maximum atomic E-state index is 4.10. The molecule has 1 N–H and O–H groups in total. The first-order valence-corrected chi connectivity index (χ1v) is 7.67. The summed E-state index contributed by atoms with van der Waals surface area (Å²) in [5, 5.41) is 15.3. The van der Waals surface area contributed by atoms with Gasteiger partial charge in [-0.25, -0.2) is 4.68 Å². The number of aromatic nitrogens is 4. The second-order valence-corrected chi connectivity index (χ2v) is 5.12. The van der Waals surface area contributed by atoms with E-state index in [1.54, 1.807) is 0 Å². The molecule has 0 bridgehead atoms. The fourth-order valence-corrected chi connectivity index (χ4v) is 2.13. The highest BCUT2D eigenvalue weighted by atomic mass is 32.2. The molecule has 0 aliphatic heterocycles. The second-order valence-electron chi connectivity index (χ2n) is 4.14. The van der Waals surface area contributed by atoms with E-state index >= 15 is 0 Å². The van der Waals surface area contributed by atoms with Crippen molar-refractivity contribution in [3.8, 4) is 0 Å². The standard InChI is InChI=1S/C11H23N5S/c1-4-7-12-10(2)11-13-14-15-16(11)8-5-6-9-17-3/h10,12H,4-9H2,1-3H3. The van der Waals surface area contributed by atoms with Crippen molar-refractivity contribution in [3.05, 3.63) is 5.82 Å². The van der Waals surface area contributed by atoms with Crippen molar-refractivity contribution in [2.75, 3.05) is 18.6 Å². The summed E-state index contributed by atoms with van der Waals surface area (Å²) in [6, 6.07) is 0.227. The molecule has 0 saturated carbocycles. The molecule has 1 unspecified atom stereocenters. The maximum Gasteiger partial charge on any atom is 0.167 e. The number of tetrazole rings is 1. The third kappa shape index (κ3) is 5.04. The number of hydrogen-bond acceptors (Lipinski definition) is 5. The molecular weight excluding hydrogens is 234 g/mol. The molecule has 0 spiro atoms. The van der Waals surface area contributed by atoms with Gasteiger partial charge in [-0.3, -0.25) is 0 Å². The zero-order valence-electron chi connectivity index (χ0n) is 11.0. The van der Waals surface area contributed by atoms with E-state index in [0.717, 1.165) is 31.8 Å². The van der Waals surface area contributed by atoms with E-state index in [-0.39, 0.29) is 6.04 Å². The number of rotatable bonds is 9. The van der Waals surface area contributed by atoms with Gasteiger partial charge in [0.15, 0.2) is 5.82 Å². The molecule has 1 atom stereocenters. The minimum Gasteiger partial charge on any atom is -0.307 e. The van der Waals surface area contributed by atoms with E-state index < -0.39 is 0 Å². The largest absolute Gasteiger partial charge is 0.307 e. The lowest BCUT2D eigenvalue weighted by atomic mass is 10.3. The van der Waals surface area contributed by atoms with E-state index in [4.69, 9.17) is 0 Å². The Hall–Kier alpha value is -0.620. The molecule has 0 saturated heterocycles. The van der Waals surface area contributed by atoms with Crippen LogP contribution in [-0.2, 0) is 6.54 Å². The van der Waals surface area contributed by atoms with Gasteiger partial charge >= 0.3 is 0 Å². The molecule has 1 heterocycles. The van der Waals surface area contributed by atoms with Crippen molar-refractivity contribution >= 4 is 11.8 Å². The van der Waals surface area contributed by atoms with E-state index in [1.165, 1.54) is 12.2 Å². The van der Waals surface area contributed by atoms with Gasteiger partial charge in [0, 0.05) is 6.54 Å². The van der Waals surface area contributed by atoms with E-state index in [2.05, 4.69) is 40.9 Å². The Kier molecular flexibility index (Phi) is 7.19. The second kappa shape index (κ2) is 8.47. The summed E-state index contributed by atoms with van der Waals surface area (Å²) in [6.45, 7) is 6.19. The molecule has 0 aromatic carbocycles. The van der Waals surface area contributed by atoms with Crippen molar-refractivity contribution in [2.45, 2.75) is 45.7 Å². The quantitative estimate of drug-likeness (QED) is 0.685. The van der Waals surface area contributed by atoms with Gasteiger partial charge in [0.25, 0.3) is 0 Å². The fraction of sp³-hybridized carbons (Fsp3) is 0.909. The third-order valence-electron chi connectivity index (χ3n) is 2.62. The molecule has 6 heteroatoms. The molecule has 5 nitrogen and oxygen atoms in total. The van der Waals surface area contributed by atoms with E-state index in [9.17, 15) is 0 Å². The number of thioether (sulfide) groups is 1. The Morgan fingerprint density at radius 2 is 2.24 bits per heavy atom. The van der Waals surface area contributed by atoms with Crippen LogP contribution in [0.1, 0.15) is 45.0 Å². The first-order chi connectivity index (χ1) is 8.29. The number of aryl methyl sites for hydroxylation is 1. The predicted molar refractivity (Wildman–Crippen MR) is 72.1 cm³/mol. The monoisotopic (exact) mass is 257 g/mol. The lowest BCUT2D eigenvalue weighted by Crippen LogP contribution is -2.23. The molecular formula is C11H23N5S. The minimum absolute atomic E-state index is 0.227. The van der Waals surface area contributed by atoms with Gasteiger partial charge in [-0.15, -0.1) is 5.10 Å². The number of hydrogen-bond donors (Lipinski definition) is 1. The van der Waals surface area contributed by atoms with Crippen LogP contribution in [0.2, 0.25) is 0 Å². The van der Waals surface area contributed by atoms with Crippen molar-refractivity contribution in [3.63, 3.8) is 0 Å². The Bertz CT molecular complexity index is 302. The van der Waals surface area contributed by atoms with E-state index in [1.807, 2.05) is 16.4 Å². The van der Waals surface area contributed by atoms with Crippen LogP contribution in [0, 0.1) is 0 Å². The molecule has 0 radical (unpaired) electrons. The normalized spacial score (nSPS) is 12.9. The zero-order valence-corrected chi connectivity index (χ0v) is 11.8. The van der Waals surface area contributed by atoms with Crippen LogP contribution in [0.25, 0.3) is 0 Å². The minimum atomic E-state index is 0.227. The smallest absolute Gasteiger partial charge is 0.167 e. The predicted octanol–water partition coefficient (Wildman–Crippen LogP) is 1.88. The molecule has 98 valence electrons. The maximum absolute atomic E-state index is 4.10. The molecule has 1 aromatic heterocycles.